The van der Waals surface area contributed by atoms with Gasteiger partial charge in [-0.15, -0.1) is 0 Å². The van der Waals surface area contributed by atoms with Gasteiger partial charge in [0.2, 0.25) is 0 Å². The fourth-order valence-corrected chi connectivity index (χ4v) is 4.12. The van der Waals surface area contributed by atoms with Crippen molar-refractivity contribution in [2.45, 2.75) is 33.0 Å². The first-order chi connectivity index (χ1) is 18.5. The first kappa shape index (κ1) is 26.6. The van der Waals surface area contributed by atoms with Gasteiger partial charge in [-0.05, 0) is 36.1 Å². The standard InChI is InChI=1S/C34H32O4/c1-25-13-17-27(18-14-25)19-22-31(30-20-15-26(2)16-21-30)32(33(35)37-23-28-9-5-3-6-10-28)34(36)38-24-29-11-7-4-8-12-29/h3-22,31-32H,23-24H2,1-2H3/b22-19+. The number of aryl methyl sites for hydroxylation is 2. The van der Waals surface area contributed by atoms with Crippen molar-refractivity contribution in [3.8, 4) is 0 Å². The second-order valence-electron chi connectivity index (χ2n) is 9.37. The minimum absolute atomic E-state index is 0.0738. The number of hydrogen-bond donors (Lipinski definition) is 0. The van der Waals surface area contributed by atoms with Crippen molar-refractivity contribution in [3.63, 3.8) is 0 Å². The molecule has 1 unspecified atom stereocenters. The molecule has 0 radical (unpaired) electrons. The lowest BCUT2D eigenvalue weighted by molar-refractivity contribution is -0.164. The van der Waals surface area contributed by atoms with Crippen LogP contribution in [0.5, 0.6) is 0 Å². The summed E-state index contributed by atoms with van der Waals surface area (Å²) in [4.78, 5) is 27.1. The number of hydrogen-bond acceptors (Lipinski definition) is 4. The Morgan fingerprint density at radius 1 is 0.632 bits per heavy atom. The molecular weight excluding hydrogens is 472 g/mol. The number of esters is 2. The number of allylic oxidation sites excluding steroid dienone is 1. The molecule has 192 valence electrons. The van der Waals surface area contributed by atoms with Crippen molar-refractivity contribution >= 4 is 18.0 Å². The quantitative estimate of drug-likeness (QED) is 0.169. The number of ether oxygens (including phenoxy) is 2. The van der Waals surface area contributed by atoms with Crippen LogP contribution in [0.25, 0.3) is 6.08 Å². The summed E-state index contributed by atoms with van der Waals surface area (Å²) in [6.45, 7) is 4.18. The first-order valence-electron chi connectivity index (χ1n) is 12.7. The van der Waals surface area contributed by atoms with E-state index in [4.69, 9.17) is 9.47 Å². The van der Waals surface area contributed by atoms with E-state index in [9.17, 15) is 9.59 Å². The SMILES string of the molecule is Cc1ccc(/C=C/C(c2ccc(C)cc2)C(C(=O)OCc2ccccc2)C(=O)OCc2ccccc2)cc1. The molecule has 0 saturated heterocycles. The maximum absolute atomic E-state index is 13.6. The molecule has 0 saturated carbocycles. The van der Waals surface area contributed by atoms with Gasteiger partial charge in [-0.1, -0.05) is 132 Å². The van der Waals surface area contributed by atoms with Gasteiger partial charge in [-0.2, -0.15) is 0 Å². The van der Waals surface area contributed by atoms with E-state index in [1.165, 1.54) is 0 Å². The highest BCUT2D eigenvalue weighted by molar-refractivity contribution is 5.96. The molecule has 0 aliphatic heterocycles. The minimum Gasteiger partial charge on any atom is -0.460 e. The van der Waals surface area contributed by atoms with E-state index < -0.39 is 23.8 Å². The fraction of sp³-hybridized carbons (Fsp3) is 0.176. The normalized spacial score (nSPS) is 11.9. The highest BCUT2D eigenvalue weighted by Crippen LogP contribution is 2.31. The molecule has 0 fully saturated rings. The summed E-state index contributed by atoms with van der Waals surface area (Å²) in [7, 11) is 0. The van der Waals surface area contributed by atoms with Gasteiger partial charge in [0, 0.05) is 5.92 Å². The molecule has 4 aromatic rings. The van der Waals surface area contributed by atoms with Crippen LogP contribution in [0.1, 0.15) is 39.3 Å². The highest BCUT2D eigenvalue weighted by atomic mass is 16.6. The van der Waals surface area contributed by atoms with E-state index in [2.05, 4.69) is 0 Å². The van der Waals surface area contributed by atoms with Gasteiger partial charge < -0.3 is 9.47 Å². The van der Waals surface area contributed by atoms with Crippen molar-refractivity contribution in [1.29, 1.82) is 0 Å². The molecule has 0 spiro atoms. The van der Waals surface area contributed by atoms with Crippen LogP contribution >= 0.6 is 0 Å². The molecular formula is C34H32O4. The summed E-state index contributed by atoms with van der Waals surface area (Å²) in [5.74, 6) is -2.99. The molecule has 0 bridgehead atoms. The summed E-state index contributed by atoms with van der Waals surface area (Å²) in [5, 5.41) is 0. The van der Waals surface area contributed by atoms with Gasteiger partial charge in [-0.3, -0.25) is 9.59 Å². The zero-order valence-corrected chi connectivity index (χ0v) is 21.7. The van der Waals surface area contributed by atoms with Crippen LogP contribution in [0, 0.1) is 19.8 Å². The van der Waals surface area contributed by atoms with Crippen molar-refractivity contribution in [2.75, 3.05) is 0 Å². The lowest BCUT2D eigenvalue weighted by Gasteiger charge is -2.23. The summed E-state index contributed by atoms with van der Waals surface area (Å²) in [6, 6.07) is 34.8. The molecule has 0 aromatic heterocycles. The third-order valence-corrected chi connectivity index (χ3v) is 6.35. The Hall–Kier alpha value is -4.44. The summed E-state index contributed by atoms with van der Waals surface area (Å²) in [5.41, 5.74) is 5.74. The lowest BCUT2D eigenvalue weighted by Crippen LogP contribution is -2.32. The third-order valence-electron chi connectivity index (χ3n) is 6.35. The Balaban J connectivity index is 1.66. The Labute approximate surface area is 224 Å². The van der Waals surface area contributed by atoms with Crippen LogP contribution in [0.3, 0.4) is 0 Å². The Morgan fingerprint density at radius 2 is 1.08 bits per heavy atom. The van der Waals surface area contributed by atoms with Crippen LogP contribution in [-0.4, -0.2) is 11.9 Å². The van der Waals surface area contributed by atoms with Crippen molar-refractivity contribution in [2.24, 2.45) is 5.92 Å². The summed E-state index contributed by atoms with van der Waals surface area (Å²) >= 11 is 0. The molecule has 4 rings (SSSR count). The number of benzene rings is 4. The highest BCUT2D eigenvalue weighted by Gasteiger charge is 2.37. The van der Waals surface area contributed by atoms with Gasteiger partial charge in [-0.25, -0.2) is 0 Å². The molecule has 4 heteroatoms. The predicted octanol–water partition coefficient (Wildman–Crippen LogP) is 7.20. The van der Waals surface area contributed by atoms with Crippen LogP contribution in [-0.2, 0) is 32.3 Å². The lowest BCUT2D eigenvalue weighted by atomic mass is 9.84. The van der Waals surface area contributed by atoms with E-state index in [-0.39, 0.29) is 13.2 Å². The zero-order chi connectivity index (χ0) is 26.7. The molecule has 4 aromatic carbocycles. The average molecular weight is 505 g/mol. The molecule has 4 nitrogen and oxygen atoms in total. The van der Waals surface area contributed by atoms with Crippen LogP contribution in [0.15, 0.2) is 115 Å². The molecule has 0 N–H and O–H groups in total. The van der Waals surface area contributed by atoms with Crippen molar-refractivity contribution in [1.82, 2.24) is 0 Å². The molecule has 0 heterocycles. The number of carbonyl (C=O) groups excluding carboxylic acids is 2. The minimum atomic E-state index is -1.17. The molecule has 0 amide bonds. The van der Waals surface area contributed by atoms with E-state index in [1.807, 2.05) is 135 Å². The maximum atomic E-state index is 13.6. The van der Waals surface area contributed by atoms with Crippen molar-refractivity contribution in [3.05, 3.63) is 149 Å². The zero-order valence-electron chi connectivity index (χ0n) is 21.7. The Kier molecular flexibility index (Phi) is 9.25. The van der Waals surface area contributed by atoms with E-state index in [0.29, 0.717) is 0 Å². The van der Waals surface area contributed by atoms with Gasteiger partial charge >= 0.3 is 11.9 Å². The smallest absolute Gasteiger partial charge is 0.321 e. The van der Waals surface area contributed by atoms with Gasteiger partial charge in [0.25, 0.3) is 0 Å². The largest absolute Gasteiger partial charge is 0.460 e. The van der Waals surface area contributed by atoms with Crippen molar-refractivity contribution < 1.29 is 19.1 Å². The van der Waals surface area contributed by atoms with Gasteiger partial charge in [0.05, 0.1) is 0 Å². The number of rotatable bonds is 10. The summed E-state index contributed by atoms with van der Waals surface area (Å²) in [6.07, 6.45) is 3.83. The molecule has 0 aliphatic rings. The topological polar surface area (TPSA) is 52.6 Å². The Bertz CT molecular complexity index is 1290. The monoisotopic (exact) mass is 504 g/mol. The molecule has 1 atom stereocenters. The fourth-order valence-electron chi connectivity index (χ4n) is 4.12. The number of carbonyl (C=O) groups is 2. The first-order valence-corrected chi connectivity index (χ1v) is 12.7. The Morgan fingerprint density at radius 3 is 1.55 bits per heavy atom. The second-order valence-corrected chi connectivity index (χ2v) is 9.37. The van der Waals surface area contributed by atoms with E-state index in [1.54, 1.807) is 0 Å². The van der Waals surface area contributed by atoms with E-state index >= 15 is 0 Å². The maximum Gasteiger partial charge on any atom is 0.321 e. The van der Waals surface area contributed by atoms with Crippen LogP contribution < -0.4 is 0 Å². The predicted molar refractivity (Wildman–Crippen MR) is 150 cm³/mol. The summed E-state index contributed by atoms with van der Waals surface area (Å²) < 4.78 is 11.4. The third kappa shape index (κ3) is 7.53. The molecule has 38 heavy (non-hydrogen) atoms. The molecule has 0 aliphatic carbocycles. The second kappa shape index (κ2) is 13.2. The van der Waals surface area contributed by atoms with E-state index in [0.717, 1.165) is 33.4 Å². The van der Waals surface area contributed by atoms with Crippen LogP contribution in [0.2, 0.25) is 0 Å². The average Bonchev–Trinajstić information content (AvgIpc) is 2.95. The van der Waals surface area contributed by atoms with Crippen LogP contribution in [0.4, 0.5) is 0 Å². The van der Waals surface area contributed by atoms with Gasteiger partial charge in [0.1, 0.15) is 13.2 Å². The van der Waals surface area contributed by atoms with Gasteiger partial charge in [0.15, 0.2) is 5.92 Å².